The van der Waals surface area contributed by atoms with Gasteiger partial charge in [-0.05, 0) is 58.2 Å². The molecule has 2 aliphatic rings. The standard InChI is InChI=1S/C20H28FN3O3S/c1-19(2,3)24(18(25)26)17-23-20(15-10-13(22)5-6-16(15)21)8-7-14(27-4)9-12(20)11-28-17/h5-6,10,12,14H,7-9,11,22H2,1-4H3,(H,25,26)/t12-,14+,20-/m0/s1. The number of nitrogens with zero attached hydrogens (tertiary/aromatic N) is 2. The van der Waals surface area contributed by atoms with E-state index < -0.39 is 17.2 Å². The molecule has 0 spiro atoms. The Morgan fingerprint density at radius 3 is 2.79 bits per heavy atom. The van der Waals surface area contributed by atoms with Crippen LogP contribution in [0.4, 0.5) is 14.9 Å². The minimum absolute atomic E-state index is 0.0341. The third-order valence-electron chi connectivity index (χ3n) is 5.62. The lowest BCUT2D eigenvalue weighted by molar-refractivity contribution is 0.0223. The second-order valence-electron chi connectivity index (χ2n) is 8.49. The minimum atomic E-state index is -1.06. The number of methoxy groups -OCH3 is 1. The molecule has 1 amide bonds. The molecule has 3 rings (SSSR count). The van der Waals surface area contributed by atoms with Gasteiger partial charge in [0, 0.05) is 35.6 Å². The predicted molar refractivity (Wildman–Crippen MR) is 110 cm³/mol. The van der Waals surface area contributed by atoms with Crippen LogP contribution in [-0.4, -0.2) is 45.8 Å². The van der Waals surface area contributed by atoms with Crippen molar-refractivity contribution >= 4 is 28.7 Å². The molecule has 3 atom stereocenters. The number of aliphatic imine (C=N–C) groups is 1. The molecule has 1 saturated carbocycles. The summed E-state index contributed by atoms with van der Waals surface area (Å²) in [5.41, 5.74) is 5.39. The molecule has 0 unspecified atom stereocenters. The van der Waals surface area contributed by atoms with Crippen molar-refractivity contribution in [3.05, 3.63) is 29.6 Å². The predicted octanol–water partition coefficient (Wildman–Crippen LogP) is 4.30. The topological polar surface area (TPSA) is 88.2 Å². The summed E-state index contributed by atoms with van der Waals surface area (Å²) >= 11 is 1.41. The van der Waals surface area contributed by atoms with Crippen LogP contribution in [0.3, 0.4) is 0 Å². The highest BCUT2D eigenvalue weighted by atomic mass is 32.2. The molecule has 1 aromatic carbocycles. The molecule has 1 aromatic rings. The zero-order valence-corrected chi connectivity index (χ0v) is 17.6. The zero-order valence-electron chi connectivity index (χ0n) is 16.7. The second-order valence-corrected chi connectivity index (χ2v) is 9.47. The number of nitrogens with two attached hydrogens (primary N) is 1. The van der Waals surface area contributed by atoms with Gasteiger partial charge < -0.3 is 15.6 Å². The van der Waals surface area contributed by atoms with Crippen molar-refractivity contribution < 1.29 is 19.0 Å². The average molecular weight is 410 g/mol. The fourth-order valence-corrected chi connectivity index (χ4v) is 5.69. The first kappa shape index (κ1) is 20.9. The van der Waals surface area contributed by atoms with E-state index in [2.05, 4.69) is 0 Å². The molecular weight excluding hydrogens is 381 g/mol. The number of carbonyl (C=O) groups is 1. The Labute approximate surface area is 169 Å². The number of amides is 1. The minimum Gasteiger partial charge on any atom is -0.465 e. The van der Waals surface area contributed by atoms with Crippen LogP contribution < -0.4 is 5.73 Å². The maximum atomic E-state index is 14.9. The third kappa shape index (κ3) is 3.72. The van der Waals surface area contributed by atoms with Crippen LogP contribution in [0.5, 0.6) is 0 Å². The summed E-state index contributed by atoms with van der Waals surface area (Å²) in [7, 11) is 1.69. The monoisotopic (exact) mass is 409 g/mol. The first-order chi connectivity index (χ1) is 13.1. The first-order valence-electron chi connectivity index (χ1n) is 9.42. The highest BCUT2D eigenvalue weighted by Gasteiger charge is 2.50. The van der Waals surface area contributed by atoms with Crippen LogP contribution in [0.1, 0.15) is 45.6 Å². The quantitative estimate of drug-likeness (QED) is 0.711. The molecule has 1 aliphatic heterocycles. The molecule has 6 nitrogen and oxygen atoms in total. The maximum Gasteiger partial charge on any atom is 0.413 e. The van der Waals surface area contributed by atoms with Gasteiger partial charge in [-0.1, -0.05) is 11.8 Å². The van der Waals surface area contributed by atoms with Crippen molar-refractivity contribution in [2.75, 3.05) is 18.6 Å². The van der Waals surface area contributed by atoms with Crippen molar-refractivity contribution in [2.24, 2.45) is 10.9 Å². The fraction of sp³-hybridized carbons (Fsp3) is 0.600. The number of halogens is 1. The number of thioether (sulfide) groups is 1. The van der Waals surface area contributed by atoms with Crippen LogP contribution in [0.15, 0.2) is 23.2 Å². The molecule has 0 saturated heterocycles. The molecule has 3 N–H and O–H groups in total. The van der Waals surface area contributed by atoms with E-state index in [4.69, 9.17) is 15.5 Å². The number of fused-ring (bicyclic) bond motifs is 1. The largest absolute Gasteiger partial charge is 0.465 e. The number of benzene rings is 1. The van der Waals surface area contributed by atoms with Gasteiger partial charge >= 0.3 is 6.09 Å². The number of anilines is 1. The smallest absolute Gasteiger partial charge is 0.413 e. The lowest BCUT2D eigenvalue weighted by Gasteiger charge is -2.48. The number of rotatable bonds is 2. The summed E-state index contributed by atoms with van der Waals surface area (Å²) in [5, 5.41) is 10.2. The van der Waals surface area contributed by atoms with E-state index in [-0.39, 0.29) is 17.8 Å². The molecule has 1 fully saturated rings. The molecular formula is C20H28FN3O3S. The van der Waals surface area contributed by atoms with Crippen molar-refractivity contribution in [3.8, 4) is 0 Å². The second kappa shape index (κ2) is 7.55. The van der Waals surface area contributed by atoms with Gasteiger partial charge in [0.1, 0.15) is 5.82 Å². The summed E-state index contributed by atoms with van der Waals surface area (Å²) in [6, 6.07) is 4.55. The highest BCUT2D eigenvalue weighted by molar-refractivity contribution is 8.13. The van der Waals surface area contributed by atoms with E-state index in [0.717, 1.165) is 12.8 Å². The maximum absolute atomic E-state index is 14.9. The van der Waals surface area contributed by atoms with Gasteiger partial charge in [-0.15, -0.1) is 0 Å². The van der Waals surface area contributed by atoms with Crippen molar-refractivity contribution in [1.29, 1.82) is 0 Å². The summed E-state index contributed by atoms with van der Waals surface area (Å²) in [4.78, 5) is 18.2. The van der Waals surface area contributed by atoms with Crippen LogP contribution in [-0.2, 0) is 10.3 Å². The Morgan fingerprint density at radius 1 is 1.46 bits per heavy atom. The van der Waals surface area contributed by atoms with E-state index in [0.29, 0.717) is 28.6 Å². The number of nitrogen functional groups attached to an aromatic ring is 1. The Morgan fingerprint density at radius 2 is 2.18 bits per heavy atom. The lowest BCUT2D eigenvalue weighted by atomic mass is 9.68. The van der Waals surface area contributed by atoms with Gasteiger partial charge in [0.05, 0.1) is 11.6 Å². The van der Waals surface area contributed by atoms with Crippen LogP contribution in [0.2, 0.25) is 0 Å². The average Bonchev–Trinajstić information content (AvgIpc) is 2.61. The third-order valence-corrected chi connectivity index (χ3v) is 6.72. The van der Waals surface area contributed by atoms with Crippen molar-refractivity contribution in [3.63, 3.8) is 0 Å². The summed E-state index contributed by atoms with van der Waals surface area (Å²) in [5.74, 6) is 0.321. The van der Waals surface area contributed by atoms with E-state index in [9.17, 15) is 14.3 Å². The van der Waals surface area contributed by atoms with E-state index >= 15 is 0 Å². The van der Waals surface area contributed by atoms with Gasteiger partial charge in [-0.3, -0.25) is 9.89 Å². The van der Waals surface area contributed by atoms with Crippen LogP contribution in [0, 0.1) is 11.7 Å². The van der Waals surface area contributed by atoms with Gasteiger partial charge in [-0.25, -0.2) is 9.18 Å². The summed E-state index contributed by atoms with van der Waals surface area (Å²) in [6.07, 6.45) is 1.09. The SMILES string of the molecule is CO[C@@H]1CC[C@]2(c3cc(N)ccc3F)N=C(N(C(=O)O)C(C)(C)C)SC[C@@H]2C1. The number of ether oxygens (including phenoxy) is 1. The molecule has 1 heterocycles. The first-order valence-corrected chi connectivity index (χ1v) is 10.4. The fourth-order valence-electron chi connectivity index (χ4n) is 4.22. The van der Waals surface area contributed by atoms with Crippen molar-refractivity contribution in [2.45, 2.75) is 57.2 Å². The molecule has 0 aromatic heterocycles. The molecule has 154 valence electrons. The molecule has 1 aliphatic carbocycles. The van der Waals surface area contributed by atoms with E-state index in [1.54, 1.807) is 13.2 Å². The van der Waals surface area contributed by atoms with Gasteiger partial charge in [0.15, 0.2) is 5.17 Å². The Hall–Kier alpha value is -1.80. The normalized spacial score (nSPS) is 27.7. The highest BCUT2D eigenvalue weighted by Crippen LogP contribution is 2.51. The van der Waals surface area contributed by atoms with Gasteiger partial charge in [0.25, 0.3) is 0 Å². The van der Waals surface area contributed by atoms with Crippen LogP contribution >= 0.6 is 11.8 Å². The number of hydrogen-bond acceptors (Lipinski definition) is 5. The van der Waals surface area contributed by atoms with Gasteiger partial charge in [0.2, 0.25) is 0 Å². The number of amidine groups is 1. The molecule has 8 heteroatoms. The van der Waals surface area contributed by atoms with Gasteiger partial charge in [-0.2, -0.15) is 0 Å². The van der Waals surface area contributed by atoms with E-state index in [1.807, 2.05) is 20.8 Å². The Bertz CT molecular complexity index is 795. The Balaban J connectivity index is 2.16. The van der Waals surface area contributed by atoms with Crippen LogP contribution in [0.25, 0.3) is 0 Å². The molecule has 0 bridgehead atoms. The molecule has 0 radical (unpaired) electrons. The Kier molecular flexibility index (Phi) is 5.64. The summed E-state index contributed by atoms with van der Waals surface area (Å²) in [6.45, 7) is 5.48. The summed E-state index contributed by atoms with van der Waals surface area (Å²) < 4.78 is 20.5. The molecule has 28 heavy (non-hydrogen) atoms. The van der Waals surface area contributed by atoms with Crippen molar-refractivity contribution in [1.82, 2.24) is 4.90 Å². The lowest BCUT2D eigenvalue weighted by Crippen LogP contribution is -2.53. The van der Waals surface area contributed by atoms with E-state index in [1.165, 1.54) is 28.8 Å². The number of hydrogen-bond donors (Lipinski definition) is 2. The number of carboxylic acid groups (broad SMARTS) is 1. The zero-order chi connectivity index (χ0) is 20.7.